The number of carboxylic acid groups (broad SMARTS) is 1. The summed E-state index contributed by atoms with van der Waals surface area (Å²) in [6, 6.07) is 0. The average Bonchev–Trinajstić information content (AvgIpc) is 2.82. The maximum atomic E-state index is 10.5. The van der Waals surface area contributed by atoms with Gasteiger partial charge in [0.1, 0.15) is 0 Å². The minimum absolute atomic E-state index is 0.0830. The zero-order valence-electron chi connectivity index (χ0n) is 15.0. The van der Waals surface area contributed by atoms with Gasteiger partial charge < -0.3 is 20.4 Å². The second kappa shape index (κ2) is 12.0. The average molecular weight is 352 g/mol. The molecule has 142 valence electrons. The van der Waals surface area contributed by atoms with Crippen LogP contribution in [0, 0.1) is 11.8 Å². The minimum atomic E-state index is -0.791. The molecular weight excluding hydrogens is 320 g/mol. The Labute approximate surface area is 150 Å². The zero-order valence-corrected chi connectivity index (χ0v) is 15.0. The molecule has 1 aliphatic carbocycles. The smallest absolute Gasteiger partial charge is 0.303 e. The normalized spacial score (nSPS) is 28.5. The summed E-state index contributed by atoms with van der Waals surface area (Å²) in [5, 5.41) is 38.9. The highest BCUT2D eigenvalue weighted by Gasteiger charge is 2.39. The van der Waals surface area contributed by atoms with Gasteiger partial charge in [0.05, 0.1) is 18.3 Å². The molecule has 5 nitrogen and oxygen atoms in total. The predicted octanol–water partition coefficient (Wildman–Crippen LogP) is 2.82. The predicted molar refractivity (Wildman–Crippen MR) is 98.0 cm³/mol. The lowest BCUT2D eigenvalue weighted by atomic mass is 9.89. The van der Waals surface area contributed by atoms with Crippen LogP contribution in [0.25, 0.3) is 0 Å². The van der Waals surface area contributed by atoms with E-state index in [2.05, 4.69) is 0 Å². The number of rotatable bonds is 11. The van der Waals surface area contributed by atoms with E-state index in [0.29, 0.717) is 32.1 Å². The van der Waals surface area contributed by atoms with E-state index in [9.17, 15) is 20.1 Å². The lowest BCUT2D eigenvalue weighted by Gasteiger charge is -2.19. The highest BCUT2D eigenvalue weighted by molar-refractivity contribution is 5.66. The van der Waals surface area contributed by atoms with Gasteiger partial charge in [-0.1, -0.05) is 43.4 Å². The van der Waals surface area contributed by atoms with E-state index in [4.69, 9.17) is 5.11 Å². The number of aliphatic carboxylic acids is 1. The second-order valence-electron chi connectivity index (χ2n) is 6.67. The van der Waals surface area contributed by atoms with Crippen LogP contribution < -0.4 is 0 Å². The molecule has 0 aliphatic heterocycles. The molecule has 1 aliphatic rings. The van der Waals surface area contributed by atoms with Crippen molar-refractivity contribution in [3.8, 4) is 0 Å². The summed E-state index contributed by atoms with van der Waals surface area (Å²) < 4.78 is 0. The molecule has 0 saturated heterocycles. The van der Waals surface area contributed by atoms with Crippen LogP contribution in [0.15, 0.2) is 36.5 Å². The fraction of sp³-hybridized carbons (Fsp3) is 0.650. The fourth-order valence-electron chi connectivity index (χ4n) is 3.19. The summed E-state index contributed by atoms with van der Waals surface area (Å²) in [7, 11) is 0. The van der Waals surface area contributed by atoms with Gasteiger partial charge in [-0.05, 0) is 38.0 Å². The van der Waals surface area contributed by atoms with E-state index < -0.39 is 24.3 Å². The van der Waals surface area contributed by atoms with Crippen LogP contribution in [-0.2, 0) is 4.79 Å². The standard InChI is InChI=1S/C20H32O5/c1-2-3-6-9-15(21)12-13-17-16(18(22)14-19(17)23)10-7-4-5-8-11-20(24)25/h3-4,6-7,12-13,15-19,21-23H,2,5,8-11,14H2,1H3,(H,24,25)/b6-3-,7-4-,13-12+/t15-,16+,17-,18-,19+/m0/s1. The SMILES string of the molecule is CC/C=C\C[C@H](O)/C=C/[C@H]1[C@@H](C/C=C\CCCC(=O)O)[C@@H](O)C[C@H]1O. The van der Waals surface area contributed by atoms with Crippen LogP contribution in [0.3, 0.4) is 0 Å². The van der Waals surface area contributed by atoms with E-state index in [-0.39, 0.29) is 18.3 Å². The lowest BCUT2D eigenvalue weighted by Crippen LogP contribution is -2.20. The molecule has 0 aromatic carbocycles. The maximum absolute atomic E-state index is 10.5. The van der Waals surface area contributed by atoms with Gasteiger partial charge in [0.15, 0.2) is 0 Å². The minimum Gasteiger partial charge on any atom is -0.481 e. The molecule has 0 radical (unpaired) electrons. The number of aliphatic hydroxyl groups excluding tert-OH is 3. The Hall–Kier alpha value is -1.43. The van der Waals surface area contributed by atoms with Gasteiger partial charge in [-0.3, -0.25) is 4.79 Å². The van der Waals surface area contributed by atoms with Crippen molar-refractivity contribution in [2.45, 2.75) is 70.2 Å². The first-order chi connectivity index (χ1) is 12.0. The molecule has 0 aromatic heterocycles. The zero-order chi connectivity index (χ0) is 18.7. The number of hydrogen-bond donors (Lipinski definition) is 4. The summed E-state index contributed by atoms with van der Waals surface area (Å²) >= 11 is 0. The Morgan fingerprint density at radius 1 is 1.16 bits per heavy atom. The number of aliphatic hydroxyl groups is 3. The van der Waals surface area contributed by atoms with Crippen LogP contribution >= 0.6 is 0 Å². The van der Waals surface area contributed by atoms with Crippen molar-refractivity contribution < 1.29 is 25.2 Å². The molecule has 0 heterocycles. The van der Waals surface area contributed by atoms with Crippen molar-refractivity contribution in [1.82, 2.24) is 0 Å². The summed E-state index contributed by atoms with van der Waals surface area (Å²) in [5.74, 6) is -1.05. The van der Waals surface area contributed by atoms with E-state index in [1.165, 1.54) is 0 Å². The molecule has 0 unspecified atom stereocenters. The Balaban J connectivity index is 2.50. The molecular formula is C20H32O5. The van der Waals surface area contributed by atoms with E-state index in [1.54, 1.807) is 6.08 Å². The van der Waals surface area contributed by atoms with Gasteiger partial charge in [-0.25, -0.2) is 0 Å². The van der Waals surface area contributed by atoms with Gasteiger partial charge in [0, 0.05) is 18.8 Å². The summed E-state index contributed by atoms with van der Waals surface area (Å²) in [5.41, 5.74) is 0. The monoisotopic (exact) mass is 352 g/mol. The molecule has 1 saturated carbocycles. The number of unbranched alkanes of at least 4 members (excludes halogenated alkanes) is 1. The summed E-state index contributed by atoms with van der Waals surface area (Å²) in [6.45, 7) is 2.04. The number of carboxylic acids is 1. The molecule has 5 atom stereocenters. The van der Waals surface area contributed by atoms with Crippen LogP contribution in [0.5, 0.6) is 0 Å². The van der Waals surface area contributed by atoms with Crippen molar-refractivity contribution in [2.75, 3.05) is 0 Å². The molecule has 1 fully saturated rings. The van der Waals surface area contributed by atoms with Crippen LogP contribution in [0.2, 0.25) is 0 Å². The molecule has 0 spiro atoms. The quantitative estimate of drug-likeness (QED) is 0.339. The van der Waals surface area contributed by atoms with E-state index in [0.717, 1.165) is 6.42 Å². The number of carbonyl (C=O) groups is 1. The van der Waals surface area contributed by atoms with Gasteiger partial charge in [0.25, 0.3) is 0 Å². The fourth-order valence-corrected chi connectivity index (χ4v) is 3.19. The highest BCUT2D eigenvalue weighted by atomic mass is 16.4. The largest absolute Gasteiger partial charge is 0.481 e. The first-order valence-corrected chi connectivity index (χ1v) is 9.20. The number of hydrogen-bond acceptors (Lipinski definition) is 4. The second-order valence-corrected chi connectivity index (χ2v) is 6.67. The Kier molecular flexibility index (Phi) is 10.4. The van der Waals surface area contributed by atoms with Gasteiger partial charge in [-0.2, -0.15) is 0 Å². The Morgan fingerprint density at radius 3 is 2.60 bits per heavy atom. The van der Waals surface area contributed by atoms with Gasteiger partial charge >= 0.3 is 5.97 Å². The third-order valence-corrected chi connectivity index (χ3v) is 4.59. The van der Waals surface area contributed by atoms with Crippen molar-refractivity contribution in [2.24, 2.45) is 11.8 Å². The van der Waals surface area contributed by atoms with E-state index in [1.807, 2.05) is 37.3 Å². The molecule has 25 heavy (non-hydrogen) atoms. The summed E-state index contributed by atoms with van der Waals surface area (Å²) in [6.07, 6.45) is 13.5. The third kappa shape index (κ3) is 8.47. The number of allylic oxidation sites excluding steroid dienone is 3. The third-order valence-electron chi connectivity index (χ3n) is 4.59. The Bertz CT molecular complexity index is 469. The Morgan fingerprint density at radius 2 is 1.92 bits per heavy atom. The molecule has 4 N–H and O–H groups in total. The maximum Gasteiger partial charge on any atom is 0.303 e. The van der Waals surface area contributed by atoms with Crippen molar-refractivity contribution in [1.29, 1.82) is 0 Å². The topological polar surface area (TPSA) is 98.0 Å². The van der Waals surface area contributed by atoms with Crippen LogP contribution in [0.4, 0.5) is 0 Å². The molecule has 0 aromatic rings. The molecule has 0 bridgehead atoms. The van der Waals surface area contributed by atoms with E-state index >= 15 is 0 Å². The lowest BCUT2D eigenvalue weighted by molar-refractivity contribution is -0.137. The summed E-state index contributed by atoms with van der Waals surface area (Å²) in [4.78, 5) is 10.5. The van der Waals surface area contributed by atoms with Gasteiger partial charge in [-0.15, -0.1) is 0 Å². The molecule has 1 rings (SSSR count). The molecule has 5 heteroatoms. The van der Waals surface area contributed by atoms with Crippen LogP contribution in [-0.4, -0.2) is 44.7 Å². The van der Waals surface area contributed by atoms with Crippen LogP contribution in [0.1, 0.15) is 51.9 Å². The van der Waals surface area contributed by atoms with Crippen molar-refractivity contribution >= 4 is 5.97 Å². The van der Waals surface area contributed by atoms with Crippen molar-refractivity contribution in [3.05, 3.63) is 36.5 Å². The highest BCUT2D eigenvalue weighted by Crippen LogP contribution is 2.36. The molecule has 0 amide bonds. The first-order valence-electron chi connectivity index (χ1n) is 9.20. The first kappa shape index (κ1) is 21.6. The van der Waals surface area contributed by atoms with Crippen molar-refractivity contribution in [3.63, 3.8) is 0 Å². The van der Waals surface area contributed by atoms with Gasteiger partial charge in [0.2, 0.25) is 0 Å².